The van der Waals surface area contributed by atoms with Crippen LogP contribution in [0.15, 0.2) is 30.5 Å². The van der Waals surface area contributed by atoms with Gasteiger partial charge in [-0.1, -0.05) is 0 Å². The Bertz CT molecular complexity index is 1130. The zero-order valence-electron chi connectivity index (χ0n) is 19.7. The summed E-state index contributed by atoms with van der Waals surface area (Å²) in [4.78, 5) is 25.8. The van der Waals surface area contributed by atoms with Crippen LogP contribution < -0.4 is 4.74 Å². The average Bonchev–Trinajstić information content (AvgIpc) is 3.22. The van der Waals surface area contributed by atoms with Gasteiger partial charge in [-0.05, 0) is 94.3 Å². The maximum atomic E-state index is 12.2. The van der Waals surface area contributed by atoms with E-state index in [1.807, 2.05) is 57.0 Å². The summed E-state index contributed by atoms with van der Waals surface area (Å²) < 4.78 is 11.6. The number of ether oxygens (including phenoxy) is 2. The second-order valence-electron chi connectivity index (χ2n) is 9.61. The van der Waals surface area contributed by atoms with Crippen LogP contribution in [0, 0.1) is 12.8 Å². The van der Waals surface area contributed by atoms with Crippen LogP contribution in [0.1, 0.15) is 45.6 Å². The molecule has 0 radical (unpaired) electrons. The number of aromatic nitrogens is 3. The number of nitrogens with zero attached hydrogens (tertiary/aromatic N) is 3. The first-order valence-electron chi connectivity index (χ1n) is 11.4. The smallest absolute Gasteiger partial charge is 0.410 e. The van der Waals surface area contributed by atoms with Gasteiger partial charge in [0.2, 0.25) is 5.28 Å². The minimum atomic E-state index is -0.456. The number of carbonyl (C=O) groups excluding carboxylic acids is 1. The minimum Gasteiger partial charge on any atom is -0.493 e. The minimum absolute atomic E-state index is 0.213. The molecule has 176 valence electrons. The number of amides is 1. The average molecular weight is 471 g/mol. The number of hydrogen-bond donors (Lipinski definition) is 1. The monoisotopic (exact) mass is 470 g/mol. The van der Waals surface area contributed by atoms with E-state index in [9.17, 15) is 4.79 Å². The van der Waals surface area contributed by atoms with E-state index in [-0.39, 0.29) is 11.4 Å². The number of H-pyrrole nitrogens is 1. The van der Waals surface area contributed by atoms with Crippen molar-refractivity contribution < 1.29 is 14.3 Å². The Morgan fingerprint density at radius 3 is 2.67 bits per heavy atom. The lowest BCUT2D eigenvalue weighted by atomic mass is 9.94. The molecule has 8 heteroatoms. The lowest BCUT2D eigenvalue weighted by Crippen LogP contribution is -2.41. The zero-order valence-corrected chi connectivity index (χ0v) is 20.4. The van der Waals surface area contributed by atoms with Crippen LogP contribution in [0.2, 0.25) is 5.28 Å². The molecule has 1 saturated heterocycles. The number of benzene rings is 1. The molecule has 1 fully saturated rings. The highest BCUT2D eigenvalue weighted by Gasteiger charge is 2.26. The molecule has 2 aromatic heterocycles. The van der Waals surface area contributed by atoms with Crippen LogP contribution in [0.5, 0.6) is 5.75 Å². The summed E-state index contributed by atoms with van der Waals surface area (Å²) in [6.07, 6.45) is 4.54. The van der Waals surface area contributed by atoms with E-state index in [0.717, 1.165) is 66.0 Å². The molecule has 1 N–H and O–H groups in total. The predicted molar refractivity (Wildman–Crippen MR) is 130 cm³/mol. The van der Waals surface area contributed by atoms with E-state index >= 15 is 0 Å². The topological polar surface area (TPSA) is 80.3 Å². The van der Waals surface area contributed by atoms with Crippen molar-refractivity contribution in [2.45, 2.75) is 52.6 Å². The van der Waals surface area contributed by atoms with E-state index in [2.05, 4.69) is 21.0 Å². The molecule has 0 spiro atoms. The molecule has 4 rings (SSSR count). The summed E-state index contributed by atoms with van der Waals surface area (Å²) in [5, 5.41) is 1.15. The van der Waals surface area contributed by atoms with Crippen molar-refractivity contribution in [3.8, 4) is 17.0 Å². The van der Waals surface area contributed by atoms with Gasteiger partial charge in [-0.25, -0.2) is 9.78 Å². The number of nitrogens with one attached hydrogen (secondary N) is 1. The highest BCUT2D eigenvalue weighted by Crippen LogP contribution is 2.31. The largest absolute Gasteiger partial charge is 0.493 e. The number of hydrogen-bond acceptors (Lipinski definition) is 5. The third-order valence-electron chi connectivity index (χ3n) is 5.89. The zero-order chi connectivity index (χ0) is 23.6. The maximum absolute atomic E-state index is 12.2. The Morgan fingerprint density at radius 2 is 1.97 bits per heavy atom. The van der Waals surface area contributed by atoms with Crippen molar-refractivity contribution in [3.63, 3.8) is 0 Å². The van der Waals surface area contributed by atoms with E-state index in [4.69, 9.17) is 21.1 Å². The van der Waals surface area contributed by atoms with Gasteiger partial charge >= 0.3 is 6.09 Å². The molecular formula is C25H31ClN4O3. The van der Waals surface area contributed by atoms with E-state index in [1.165, 1.54) is 0 Å². The van der Waals surface area contributed by atoms with Crippen molar-refractivity contribution in [3.05, 3.63) is 41.3 Å². The molecule has 1 aliphatic rings. The van der Waals surface area contributed by atoms with Gasteiger partial charge in [0.25, 0.3) is 0 Å². The first-order chi connectivity index (χ1) is 15.7. The second kappa shape index (κ2) is 9.59. The third kappa shape index (κ3) is 5.77. The Morgan fingerprint density at radius 1 is 1.21 bits per heavy atom. The van der Waals surface area contributed by atoms with E-state index in [0.29, 0.717) is 12.5 Å². The van der Waals surface area contributed by atoms with Crippen LogP contribution in [0.3, 0.4) is 0 Å². The number of rotatable bonds is 5. The SMILES string of the molecule is Cc1cc(-c2nc(Cl)nc3[nH]ccc23)ccc1OCCC1CCN(C(=O)OC(C)(C)C)CC1. The van der Waals surface area contributed by atoms with Crippen LogP contribution in [0.25, 0.3) is 22.3 Å². The molecule has 0 aliphatic carbocycles. The molecule has 7 nitrogen and oxygen atoms in total. The fourth-order valence-corrected chi connectivity index (χ4v) is 4.33. The van der Waals surface area contributed by atoms with Crippen molar-refractivity contribution >= 4 is 28.7 Å². The fourth-order valence-electron chi connectivity index (χ4n) is 4.16. The number of likely N-dealkylation sites (tertiary alicyclic amines) is 1. The van der Waals surface area contributed by atoms with Crippen LogP contribution in [0.4, 0.5) is 4.79 Å². The van der Waals surface area contributed by atoms with Crippen LogP contribution >= 0.6 is 11.6 Å². The molecule has 0 bridgehead atoms. The van der Waals surface area contributed by atoms with Crippen LogP contribution in [-0.2, 0) is 4.74 Å². The predicted octanol–water partition coefficient (Wildman–Crippen LogP) is 6.00. The van der Waals surface area contributed by atoms with Gasteiger partial charge in [-0.15, -0.1) is 0 Å². The lowest BCUT2D eigenvalue weighted by molar-refractivity contribution is 0.0177. The summed E-state index contributed by atoms with van der Waals surface area (Å²) in [7, 11) is 0. The molecule has 1 aliphatic heterocycles. The number of halogens is 1. The van der Waals surface area contributed by atoms with E-state index < -0.39 is 5.60 Å². The van der Waals surface area contributed by atoms with Crippen molar-refractivity contribution in [2.75, 3.05) is 19.7 Å². The third-order valence-corrected chi connectivity index (χ3v) is 6.06. The molecule has 0 saturated carbocycles. The Hall–Kier alpha value is -2.80. The van der Waals surface area contributed by atoms with Gasteiger partial charge in [0, 0.05) is 30.2 Å². The van der Waals surface area contributed by atoms with E-state index in [1.54, 1.807) is 0 Å². The molecule has 0 atom stereocenters. The van der Waals surface area contributed by atoms with Crippen molar-refractivity contribution in [1.29, 1.82) is 0 Å². The molecule has 33 heavy (non-hydrogen) atoms. The van der Waals surface area contributed by atoms with Gasteiger partial charge in [-0.3, -0.25) is 0 Å². The first-order valence-corrected chi connectivity index (χ1v) is 11.8. The summed E-state index contributed by atoms with van der Waals surface area (Å²) in [5.41, 5.74) is 3.09. The quantitative estimate of drug-likeness (QED) is 0.462. The molecule has 3 aromatic rings. The van der Waals surface area contributed by atoms with Crippen LogP contribution in [-0.4, -0.2) is 51.2 Å². The molecule has 1 aromatic carbocycles. The molecule has 1 amide bonds. The Labute approximate surface area is 199 Å². The summed E-state index contributed by atoms with van der Waals surface area (Å²) in [6, 6.07) is 8.02. The second-order valence-corrected chi connectivity index (χ2v) is 9.95. The number of piperidine rings is 1. The highest BCUT2D eigenvalue weighted by molar-refractivity contribution is 6.28. The molecule has 3 heterocycles. The van der Waals surface area contributed by atoms with Gasteiger partial charge in [0.05, 0.1) is 12.3 Å². The molecular weight excluding hydrogens is 440 g/mol. The highest BCUT2D eigenvalue weighted by atomic mass is 35.5. The number of aromatic amines is 1. The maximum Gasteiger partial charge on any atom is 0.410 e. The normalized spacial score (nSPS) is 15.1. The number of carbonyl (C=O) groups is 1. The lowest BCUT2D eigenvalue weighted by Gasteiger charge is -2.33. The van der Waals surface area contributed by atoms with Crippen molar-refractivity contribution in [1.82, 2.24) is 19.9 Å². The van der Waals surface area contributed by atoms with Gasteiger partial charge in [0.15, 0.2) is 0 Å². The summed E-state index contributed by atoms with van der Waals surface area (Å²) in [6.45, 7) is 9.85. The summed E-state index contributed by atoms with van der Waals surface area (Å²) in [5.74, 6) is 1.42. The van der Waals surface area contributed by atoms with Gasteiger partial charge in [0.1, 0.15) is 17.0 Å². The standard InChI is InChI=1S/C25H31ClN4O3/c1-16-15-18(21-19-7-11-27-22(19)29-23(26)28-21)5-6-20(16)32-14-10-17-8-12-30(13-9-17)24(31)33-25(2,3)4/h5-7,11,15,17H,8-10,12-14H2,1-4H3,(H,27,28,29). The van der Waals surface area contributed by atoms with Gasteiger partial charge < -0.3 is 19.4 Å². The Kier molecular flexibility index (Phi) is 6.79. The first kappa shape index (κ1) is 23.4. The number of aryl methyl sites for hydroxylation is 1. The number of fused-ring (bicyclic) bond motifs is 1. The Balaban J connectivity index is 1.30. The van der Waals surface area contributed by atoms with Gasteiger partial charge in [-0.2, -0.15) is 4.98 Å². The fraction of sp³-hybridized carbons (Fsp3) is 0.480. The summed E-state index contributed by atoms with van der Waals surface area (Å²) >= 11 is 6.10. The molecule has 0 unspecified atom stereocenters. The van der Waals surface area contributed by atoms with Crippen molar-refractivity contribution in [2.24, 2.45) is 5.92 Å².